The topological polar surface area (TPSA) is 70.2 Å². The maximum Gasteiger partial charge on any atom is 0.250 e. The van der Waals surface area contributed by atoms with E-state index in [2.05, 4.69) is 17.0 Å². The quantitative estimate of drug-likeness (QED) is 0.416. The summed E-state index contributed by atoms with van der Waals surface area (Å²) in [5.41, 5.74) is 2.73. The molecule has 7 nitrogen and oxygen atoms in total. The van der Waals surface area contributed by atoms with Gasteiger partial charge in [0.2, 0.25) is 10.0 Å². The average molecular weight is 520 g/mol. The molecule has 1 heterocycles. The minimum atomic E-state index is -3.62. The van der Waals surface area contributed by atoms with Crippen LogP contribution >= 0.6 is 0 Å². The molecule has 0 radical (unpaired) electrons. The third-order valence-corrected chi connectivity index (χ3v) is 8.44. The lowest BCUT2D eigenvalue weighted by molar-refractivity contribution is -0.113. The number of likely N-dealkylation sites (N-methyl/N-ethyl adjacent to an activating group) is 1. The Labute approximate surface area is 219 Å². The number of hydrogen-bond donors (Lipinski definition) is 0. The molecule has 0 saturated carbocycles. The Kier molecular flexibility index (Phi) is 8.76. The maximum absolute atomic E-state index is 13.3. The molecule has 1 fully saturated rings. The van der Waals surface area contributed by atoms with Crippen molar-refractivity contribution in [2.45, 2.75) is 17.9 Å². The van der Waals surface area contributed by atoms with E-state index < -0.39 is 10.0 Å². The second-order valence-electron chi connectivity index (χ2n) is 9.02. The van der Waals surface area contributed by atoms with Gasteiger partial charge in [-0.1, -0.05) is 42.5 Å². The molecule has 8 heteroatoms. The number of carbonyl (C=O) groups excluding carboxylic acids is 1. The molecular weight excluding hydrogens is 486 g/mol. The first kappa shape index (κ1) is 26.6. The third kappa shape index (κ3) is 6.85. The molecule has 4 rings (SSSR count). The highest BCUT2D eigenvalue weighted by atomic mass is 32.2. The summed E-state index contributed by atoms with van der Waals surface area (Å²) in [7, 11) is -0.345. The molecule has 37 heavy (non-hydrogen) atoms. The molecular formula is C29H33N3O4S. The zero-order chi connectivity index (χ0) is 26.3. The van der Waals surface area contributed by atoms with Crippen LogP contribution in [0, 0.1) is 0 Å². The van der Waals surface area contributed by atoms with Gasteiger partial charge >= 0.3 is 0 Å². The summed E-state index contributed by atoms with van der Waals surface area (Å²) in [6, 6.07) is 24.1. The van der Waals surface area contributed by atoms with Crippen LogP contribution in [0.1, 0.15) is 17.5 Å². The molecule has 0 spiro atoms. The fraction of sp³-hybridized carbons (Fsp3) is 0.276. The molecule has 0 aliphatic carbocycles. The summed E-state index contributed by atoms with van der Waals surface area (Å²) in [6.07, 6.45) is 4.00. The number of rotatable bonds is 8. The number of methoxy groups -OCH3 is 1. The number of anilines is 1. The molecule has 1 aliphatic rings. The minimum absolute atomic E-state index is 0.211. The van der Waals surface area contributed by atoms with Crippen LogP contribution < -0.4 is 9.64 Å². The highest BCUT2D eigenvalue weighted by Gasteiger charge is 2.27. The molecule has 0 aromatic heterocycles. The first-order valence-electron chi connectivity index (χ1n) is 12.3. The standard InChI is InChI=1S/C29H33N3O4S/c1-30(29(33)18-11-24-9-14-27(36-2)15-10-24)26-12-16-28(17-13-26)37(34,35)32-20-6-19-31(21-22-32)23-25-7-4-3-5-8-25/h3-5,7-18H,6,19-23H2,1-2H3/b18-11+. The Morgan fingerprint density at radius 1 is 0.919 bits per heavy atom. The predicted molar refractivity (Wildman–Crippen MR) is 147 cm³/mol. The highest BCUT2D eigenvalue weighted by Crippen LogP contribution is 2.22. The highest BCUT2D eigenvalue weighted by molar-refractivity contribution is 7.89. The molecule has 0 unspecified atom stereocenters. The van der Waals surface area contributed by atoms with E-state index in [1.165, 1.54) is 16.5 Å². The van der Waals surface area contributed by atoms with Crippen LogP contribution in [0.25, 0.3) is 6.08 Å². The Balaban J connectivity index is 1.37. The summed E-state index contributed by atoms with van der Waals surface area (Å²) >= 11 is 0. The number of ether oxygens (including phenoxy) is 1. The van der Waals surface area contributed by atoms with Crippen molar-refractivity contribution in [2.24, 2.45) is 0 Å². The van der Waals surface area contributed by atoms with Crippen LogP contribution in [0.4, 0.5) is 5.69 Å². The van der Waals surface area contributed by atoms with Gasteiger partial charge in [-0.3, -0.25) is 9.69 Å². The molecule has 0 atom stereocenters. The van der Waals surface area contributed by atoms with Gasteiger partial charge in [0.25, 0.3) is 5.91 Å². The molecule has 0 N–H and O–H groups in total. The summed E-state index contributed by atoms with van der Waals surface area (Å²) in [4.78, 5) is 16.7. The van der Waals surface area contributed by atoms with E-state index in [4.69, 9.17) is 4.74 Å². The van der Waals surface area contributed by atoms with Gasteiger partial charge in [-0.05, 0) is 66.6 Å². The molecule has 3 aromatic carbocycles. The molecule has 1 amide bonds. The van der Waals surface area contributed by atoms with Crippen molar-refractivity contribution in [1.82, 2.24) is 9.21 Å². The van der Waals surface area contributed by atoms with Crippen molar-refractivity contribution in [2.75, 3.05) is 45.2 Å². The van der Waals surface area contributed by atoms with E-state index in [0.29, 0.717) is 25.3 Å². The van der Waals surface area contributed by atoms with Gasteiger partial charge in [0.05, 0.1) is 12.0 Å². The average Bonchev–Trinajstić information content (AvgIpc) is 3.18. The lowest BCUT2D eigenvalue weighted by Gasteiger charge is -2.22. The zero-order valence-corrected chi connectivity index (χ0v) is 22.1. The Hall–Kier alpha value is -3.46. The van der Waals surface area contributed by atoms with Crippen LogP contribution in [-0.2, 0) is 21.4 Å². The number of benzene rings is 3. The van der Waals surface area contributed by atoms with E-state index in [-0.39, 0.29) is 10.8 Å². The van der Waals surface area contributed by atoms with Gasteiger partial charge in [-0.2, -0.15) is 4.31 Å². The summed E-state index contributed by atoms with van der Waals surface area (Å²) in [5, 5.41) is 0. The van der Waals surface area contributed by atoms with Gasteiger partial charge in [-0.25, -0.2) is 8.42 Å². The van der Waals surface area contributed by atoms with E-state index >= 15 is 0 Å². The summed E-state index contributed by atoms with van der Waals surface area (Å²) in [5.74, 6) is 0.540. The largest absolute Gasteiger partial charge is 0.497 e. The molecule has 3 aromatic rings. The van der Waals surface area contributed by atoms with E-state index in [0.717, 1.165) is 30.8 Å². The molecule has 1 saturated heterocycles. The van der Waals surface area contributed by atoms with Gasteiger partial charge < -0.3 is 9.64 Å². The third-order valence-electron chi connectivity index (χ3n) is 6.52. The van der Waals surface area contributed by atoms with Crippen molar-refractivity contribution in [1.29, 1.82) is 0 Å². The summed E-state index contributed by atoms with van der Waals surface area (Å²) in [6.45, 7) is 3.30. The SMILES string of the molecule is COc1ccc(/C=C/C(=O)N(C)c2ccc(S(=O)(=O)N3CCCN(Cc4ccccc4)CC3)cc2)cc1. The van der Waals surface area contributed by atoms with E-state index in [1.807, 2.05) is 42.5 Å². The number of nitrogens with zero attached hydrogens (tertiary/aromatic N) is 3. The smallest absolute Gasteiger partial charge is 0.250 e. The van der Waals surface area contributed by atoms with E-state index in [9.17, 15) is 13.2 Å². The van der Waals surface area contributed by atoms with Crippen LogP contribution in [-0.4, -0.2) is 63.9 Å². The number of carbonyl (C=O) groups is 1. The number of hydrogen-bond acceptors (Lipinski definition) is 5. The van der Waals surface area contributed by atoms with Crippen molar-refractivity contribution < 1.29 is 17.9 Å². The van der Waals surface area contributed by atoms with Gasteiger partial charge in [0.1, 0.15) is 5.75 Å². The first-order chi connectivity index (χ1) is 17.9. The van der Waals surface area contributed by atoms with Crippen LogP contribution in [0.2, 0.25) is 0 Å². The zero-order valence-electron chi connectivity index (χ0n) is 21.3. The molecule has 0 bridgehead atoms. The lowest BCUT2D eigenvalue weighted by atomic mass is 10.2. The van der Waals surface area contributed by atoms with Gasteiger partial charge in [-0.15, -0.1) is 0 Å². The maximum atomic E-state index is 13.3. The monoisotopic (exact) mass is 519 g/mol. The second-order valence-corrected chi connectivity index (χ2v) is 11.0. The minimum Gasteiger partial charge on any atom is -0.497 e. The number of amides is 1. The lowest BCUT2D eigenvalue weighted by Crippen LogP contribution is -2.35. The van der Waals surface area contributed by atoms with Gasteiger partial charge in [0.15, 0.2) is 0 Å². The Morgan fingerprint density at radius 2 is 1.62 bits per heavy atom. The van der Waals surface area contributed by atoms with Crippen molar-refractivity contribution in [3.8, 4) is 5.75 Å². The normalized spacial score (nSPS) is 15.4. The Morgan fingerprint density at radius 3 is 2.30 bits per heavy atom. The van der Waals surface area contributed by atoms with Crippen LogP contribution in [0.5, 0.6) is 5.75 Å². The van der Waals surface area contributed by atoms with Crippen molar-refractivity contribution >= 4 is 27.7 Å². The van der Waals surface area contributed by atoms with Crippen molar-refractivity contribution in [3.63, 3.8) is 0 Å². The van der Waals surface area contributed by atoms with Crippen LogP contribution in [0.3, 0.4) is 0 Å². The first-order valence-corrected chi connectivity index (χ1v) is 13.8. The van der Waals surface area contributed by atoms with Crippen LogP contribution in [0.15, 0.2) is 89.8 Å². The number of sulfonamides is 1. The Bertz CT molecular complexity index is 1310. The fourth-order valence-electron chi connectivity index (χ4n) is 4.30. The van der Waals surface area contributed by atoms with Crippen molar-refractivity contribution in [3.05, 3.63) is 96.1 Å². The molecule has 1 aliphatic heterocycles. The summed E-state index contributed by atoms with van der Waals surface area (Å²) < 4.78 is 33.4. The van der Waals surface area contributed by atoms with Gasteiger partial charge in [0, 0.05) is 45.0 Å². The van der Waals surface area contributed by atoms with E-state index in [1.54, 1.807) is 48.8 Å². The second kappa shape index (κ2) is 12.2. The molecule has 194 valence electrons. The predicted octanol–water partition coefficient (Wildman–Crippen LogP) is 4.27. The fourth-order valence-corrected chi connectivity index (χ4v) is 5.77.